The van der Waals surface area contributed by atoms with Gasteiger partial charge in [-0.1, -0.05) is 48.0 Å². The summed E-state index contributed by atoms with van der Waals surface area (Å²) >= 11 is 6.15. The molecule has 14 heteroatoms. The first-order valence-corrected chi connectivity index (χ1v) is 18.5. The van der Waals surface area contributed by atoms with Crippen LogP contribution in [0.25, 0.3) is 0 Å². The number of carbonyl (C=O) groups excluding carboxylic acids is 4. The van der Waals surface area contributed by atoms with Crippen molar-refractivity contribution < 1.29 is 27.6 Å². The molecule has 2 heterocycles. The maximum absolute atomic E-state index is 14.0. The largest absolute Gasteiger partial charge is 0.350 e. The molecule has 2 aromatic carbocycles. The van der Waals surface area contributed by atoms with Gasteiger partial charge in [0.05, 0.1) is 5.75 Å². The van der Waals surface area contributed by atoms with Gasteiger partial charge in [0, 0.05) is 64.2 Å². The molecule has 48 heavy (non-hydrogen) atoms. The number of carbonyl (C=O) groups is 4. The van der Waals surface area contributed by atoms with Gasteiger partial charge < -0.3 is 25.8 Å². The van der Waals surface area contributed by atoms with Crippen molar-refractivity contribution >= 4 is 45.3 Å². The van der Waals surface area contributed by atoms with E-state index in [2.05, 4.69) is 10.0 Å². The highest BCUT2D eigenvalue weighted by atomic mass is 35.5. The summed E-state index contributed by atoms with van der Waals surface area (Å²) in [6, 6.07) is 12.0. The molecule has 0 aromatic heterocycles. The van der Waals surface area contributed by atoms with Gasteiger partial charge in [0.1, 0.15) is 12.1 Å². The SMILES string of the molecule is CC(=O)N1CCC(N(C)C(=O)CCC[C@@H](NS(=O)(=O)Cc2ccccc2)C(=O)N2CCC[C@H]2C(=O)NCc2cc(Cl)ccc2CN)CC1. The average Bonchev–Trinajstić information content (AvgIpc) is 3.56. The fraction of sp³-hybridized carbons (Fsp3) is 0.529. The van der Waals surface area contributed by atoms with E-state index in [0.29, 0.717) is 55.9 Å². The van der Waals surface area contributed by atoms with Crippen LogP contribution in [-0.4, -0.2) is 91.6 Å². The third kappa shape index (κ3) is 10.2. The van der Waals surface area contributed by atoms with Crippen LogP contribution in [-0.2, 0) is 48.0 Å². The van der Waals surface area contributed by atoms with E-state index >= 15 is 0 Å². The molecule has 2 aliphatic rings. The number of piperidine rings is 1. The molecule has 2 saturated heterocycles. The molecular formula is C34H47ClN6O6S. The van der Waals surface area contributed by atoms with Crippen LogP contribution in [0, 0.1) is 0 Å². The second-order valence-corrected chi connectivity index (χ2v) is 14.8. The Balaban J connectivity index is 1.42. The maximum Gasteiger partial charge on any atom is 0.243 e. The van der Waals surface area contributed by atoms with Gasteiger partial charge in [0.2, 0.25) is 33.7 Å². The fourth-order valence-electron chi connectivity index (χ4n) is 6.45. The monoisotopic (exact) mass is 702 g/mol. The molecule has 2 aliphatic heterocycles. The van der Waals surface area contributed by atoms with Gasteiger partial charge >= 0.3 is 0 Å². The highest BCUT2D eigenvalue weighted by molar-refractivity contribution is 7.88. The van der Waals surface area contributed by atoms with Gasteiger partial charge in [-0.25, -0.2) is 13.1 Å². The minimum Gasteiger partial charge on any atom is -0.350 e. The van der Waals surface area contributed by atoms with Crippen molar-refractivity contribution in [3.63, 3.8) is 0 Å². The van der Waals surface area contributed by atoms with Crippen LogP contribution in [0.3, 0.4) is 0 Å². The normalized spacial score (nSPS) is 17.6. The predicted octanol–water partition coefficient (Wildman–Crippen LogP) is 2.53. The molecule has 2 atom stereocenters. The Morgan fingerprint density at radius 2 is 1.73 bits per heavy atom. The number of sulfonamides is 1. The third-order valence-corrected chi connectivity index (χ3v) is 10.8. The summed E-state index contributed by atoms with van der Waals surface area (Å²) in [5.41, 5.74) is 8.04. The number of nitrogens with zero attached hydrogens (tertiary/aromatic N) is 3. The zero-order chi connectivity index (χ0) is 34.8. The predicted molar refractivity (Wildman–Crippen MR) is 184 cm³/mol. The minimum absolute atomic E-state index is 0.00613. The summed E-state index contributed by atoms with van der Waals surface area (Å²) in [5.74, 6) is -1.24. The number of amides is 4. The molecule has 2 aromatic rings. The van der Waals surface area contributed by atoms with Crippen LogP contribution in [0.5, 0.6) is 0 Å². The van der Waals surface area contributed by atoms with E-state index in [1.807, 2.05) is 0 Å². The topological polar surface area (TPSA) is 162 Å². The molecule has 4 rings (SSSR count). The Bertz CT molecular complexity index is 1550. The molecule has 262 valence electrons. The molecule has 0 unspecified atom stereocenters. The lowest BCUT2D eigenvalue weighted by molar-refractivity contribution is -0.140. The van der Waals surface area contributed by atoms with Crippen molar-refractivity contribution in [3.05, 3.63) is 70.2 Å². The standard InChI is InChI=1S/C34H47ClN6O6S/c1-24(42)40-18-15-29(16-19-40)39(2)32(43)12-6-10-30(38-48(46,47)23-25-8-4-3-5-9-25)34(45)41-17-7-11-31(41)33(44)37-22-27-20-28(35)14-13-26(27)21-36/h3-5,8-9,13-14,20,29-31,38H,6-7,10-12,15-19,21-23,36H2,1-2H3,(H,37,44)/t30-,31+/m1/s1. The summed E-state index contributed by atoms with van der Waals surface area (Å²) < 4.78 is 29.2. The Labute approximate surface area is 288 Å². The fourth-order valence-corrected chi connectivity index (χ4v) is 8.01. The van der Waals surface area contributed by atoms with Gasteiger partial charge in [-0.3, -0.25) is 19.2 Å². The molecular weight excluding hydrogens is 656 g/mol. The van der Waals surface area contributed by atoms with Crippen LogP contribution >= 0.6 is 11.6 Å². The van der Waals surface area contributed by atoms with Crippen molar-refractivity contribution in [2.75, 3.05) is 26.7 Å². The van der Waals surface area contributed by atoms with E-state index in [9.17, 15) is 27.6 Å². The molecule has 0 bridgehead atoms. The lowest BCUT2D eigenvalue weighted by Crippen LogP contribution is -2.53. The molecule has 0 radical (unpaired) electrons. The molecule has 0 saturated carbocycles. The second kappa shape index (κ2) is 17.2. The number of rotatable bonds is 14. The van der Waals surface area contributed by atoms with Crippen LogP contribution < -0.4 is 15.8 Å². The molecule has 4 N–H and O–H groups in total. The van der Waals surface area contributed by atoms with Crippen LogP contribution in [0.4, 0.5) is 0 Å². The first-order chi connectivity index (χ1) is 22.9. The summed E-state index contributed by atoms with van der Waals surface area (Å²) in [7, 11) is -2.21. The van der Waals surface area contributed by atoms with E-state index in [0.717, 1.165) is 11.1 Å². The molecule has 0 aliphatic carbocycles. The zero-order valence-electron chi connectivity index (χ0n) is 27.7. The number of benzene rings is 2. The van der Waals surface area contributed by atoms with Crippen LogP contribution in [0.15, 0.2) is 48.5 Å². The minimum atomic E-state index is -3.95. The van der Waals surface area contributed by atoms with E-state index in [-0.39, 0.29) is 61.9 Å². The maximum atomic E-state index is 14.0. The van der Waals surface area contributed by atoms with Crippen molar-refractivity contribution in [2.24, 2.45) is 5.73 Å². The van der Waals surface area contributed by atoms with Gasteiger partial charge in [0.15, 0.2) is 0 Å². The van der Waals surface area contributed by atoms with Crippen molar-refractivity contribution in [1.29, 1.82) is 0 Å². The Hall–Kier alpha value is -3.52. The van der Waals surface area contributed by atoms with E-state index in [1.54, 1.807) is 65.4 Å². The van der Waals surface area contributed by atoms with Gasteiger partial charge in [0.25, 0.3) is 0 Å². The smallest absolute Gasteiger partial charge is 0.243 e. The van der Waals surface area contributed by atoms with Gasteiger partial charge in [-0.15, -0.1) is 0 Å². The number of nitrogens with two attached hydrogens (primary N) is 1. The lowest BCUT2D eigenvalue weighted by Gasteiger charge is -2.36. The summed E-state index contributed by atoms with van der Waals surface area (Å²) in [6.45, 7) is 3.49. The second-order valence-electron chi connectivity index (χ2n) is 12.6. The summed E-state index contributed by atoms with van der Waals surface area (Å²) in [5, 5.41) is 3.42. The van der Waals surface area contributed by atoms with Crippen LogP contribution in [0.1, 0.15) is 68.6 Å². The number of likely N-dealkylation sites (tertiary alicyclic amines) is 2. The van der Waals surface area contributed by atoms with E-state index in [1.165, 1.54) is 11.8 Å². The highest BCUT2D eigenvalue weighted by Gasteiger charge is 2.38. The van der Waals surface area contributed by atoms with Crippen molar-refractivity contribution in [1.82, 2.24) is 24.7 Å². The zero-order valence-corrected chi connectivity index (χ0v) is 29.3. The summed E-state index contributed by atoms with van der Waals surface area (Å²) in [4.78, 5) is 57.1. The molecule has 2 fully saturated rings. The Morgan fingerprint density at radius 3 is 2.40 bits per heavy atom. The number of hydrogen-bond donors (Lipinski definition) is 3. The molecule has 12 nitrogen and oxygen atoms in total. The molecule has 0 spiro atoms. The number of nitrogens with one attached hydrogen (secondary N) is 2. The lowest BCUT2D eigenvalue weighted by atomic mass is 10.0. The van der Waals surface area contributed by atoms with Crippen molar-refractivity contribution in [3.8, 4) is 0 Å². The molecule has 4 amide bonds. The number of hydrogen-bond acceptors (Lipinski definition) is 7. The van der Waals surface area contributed by atoms with E-state index < -0.39 is 28.0 Å². The first-order valence-electron chi connectivity index (χ1n) is 16.5. The third-order valence-electron chi connectivity index (χ3n) is 9.23. The van der Waals surface area contributed by atoms with Gasteiger partial charge in [-0.2, -0.15) is 0 Å². The number of halogens is 1. The van der Waals surface area contributed by atoms with Gasteiger partial charge in [-0.05, 0) is 67.3 Å². The average molecular weight is 703 g/mol. The Morgan fingerprint density at radius 1 is 1.02 bits per heavy atom. The van der Waals surface area contributed by atoms with Crippen molar-refractivity contribution in [2.45, 2.75) is 88.8 Å². The first kappa shape index (κ1) is 37.3. The Kier molecular flexibility index (Phi) is 13.4. The quantitative estimate of drug-likeness (QED) is 0.273. The van der Waals surface area contributed by atoms with Crippen LogP contribution in [0.2, 0.25) is 5.02 Å². The summed E-state index contributed by atoms with van der Waals surface area (Å²) in [6.07, 6.45) is 2.87. The van der Waals surface area contributed by atoms with E-state index in [4.69, 9.17) is 17.3 Å². The highest BCUT2D eigenvalue weighted by Crippen LogP contribution is 2.23.